The summed E-state index contributed by atoms with van der Waals surface area (Å²) in [7, 11) is 0. The van der Waals surface area contributed by atoms with E-state index < -0.39 is 36.5 Å². The Labute approximate surface area is 198 Å². The second-order valence-corrected chi connectivity index (χ2v) is 8.91. The molecular formula is C23H22F3N5O2S. The highest BCUT2D eigenvalue weighted by Gasteiger charge is 2.38. The maximum Gasteiger partial charge on any atom is 0.259 e. The summed E-state index contributed by atoms with van der Waals surface area (Å²) in [4.78, 5) is 40.0. The SMILES string of the molecule is O=C(NC1CCC(F)(F)CC1)C(c1cncnc1)N(C(=O)CF)c1ccc(-c2cncs2)cc1. The van der Waals surface area contributed by atoms with Gasteiger partial charge in [-0.2, -0.15) is 0 Å². The molecule has 1 aliphatic rings. The molecule has 0 radical (unpaired) electrons. The molecule has 1 aliphatic carbocycles. The van der Waals surface area contributed by atoms with Crippen molar-refractivity contribution in [3.63, 3.8) is 0 Å². The zero-order valence-electron chi connectivity index (χ0n) is 18.0. The number of amides is 2. The van der Waals surface area contributed by atoms with Crippen LogP contribution in [0.4, 0.5) is 18.9 Å². The number of carbonyl (C=O) groups excluding carboxylic acids is 2. The fraction of sp³-hybridized carbons (Fsp3) is 0.348. The number of alkyl halides is 3. The average Bonchev–Trinajstić information content (AvgIpc) is 3.39. The summed E-state index contributed by atoms with van der Waals surface area (Å²) in [5.74, 6) is -4.28. The predicted octanol–water partition coefficient (Wildman–Crippen LogP) is 4.34. The van der Waals surface area contributed by atoms with Crippen LogP contribution in [0.5, 0.6) is 0 Å². The molecular weight excluding hydrogens is 467 g/mol. The summed E-state index contributed by atoms with van der Waals surface area (Å²) in [5, 5.41) is 2.77. The quantitative estimate of drug-likeness (QED) is 0.534. The molecule has 3 aromatic rings. The molecule has 2 heterocycles. The van der Waals surface area contributed by atoms with E-state index in [9.17, 15) is 22.8 Å². The van der Waals surface area contributed by atoms with Crippen LogP contribution < -0.4 is 10.2 Å². The standard InChI is InChI=1S/C23H22F3N5O2S/c24-9-20(32)31(18-3-1-15(2-4-18)19-12-29-14-34-19)21(16-10-27-13-28-11-16)22(33)30-17-5-7-23(25,26)8-6-17/h1-4,10-14,17,21H,5-9H2,(H,30,33). The van der Waals surface area contributed by atoms with Crippen molar-refractivity contribution in [1.29, 1.82) is 0 Å². The smallest absolute Gasteiger partial charge is 0.259 e. The first-order chi connectivity index (χ1) is 16.4. The molecule has 1 atom stereocenters. The molecule has 178 valence electrons. The summed E-state index contributed by atoms with van der Waals surface area (Å²) in [5.41, 5.74) is 3.12. The van der Waals surface area contributed by atoms with Crippen molar-refractivity contribution in [2.75, 3.05) is 11.6 Å². The monoisotopic (exact) mass is 489 g/mol. The number of hydrogen-bond donors (Lipinski definition) is 1. The molecule has 2 amide bonds. The third kappa shape index (κ3) is 5.41. The minimum absolute atomic E-state index is 0.108. The van der Waals surface area contributed by atoms with Crippen LogP contribution >= 0.6 is 11.3 Å². The van der Waals surface area contributed by atoms with E-state index in [2.05, 4.69) is 20.3 Å². The van der Waals surface area contributed by atoms with Gasteiger partial charge in [0.2, 0.25) is 11.8 Å². The summed E-state index contributed by atoms with van der Waals surface area (Å²) < 4.78 is 40.8. The Morgan fingerprint density at radius 2 is 1.76 bits per heavy atom. The highest BCUT2D eigenvalue weighted by molar-refractivity contribution is 7.13. The van der Waals surface area contributed by atoms with Crippen molar-refractivity contribution in [2.24, 2.45) is 0 Å². The molecule has 1 N–H and O–H groups in total. The number of nitrogens with one attached hydrogen (secondary N) is 1. The van der Waals surface area contributed by atoms with Crippen LogP contribution in [-0.2, 0) is 9.59 Å². The van der Waals surface area contributed by atoms with Gasteiger partial charge in [0.25, 0.3) is 5.91 Å². The second-order valence-electron chi connectivity index (χ2n) is 8.02. The van der Waals surface area contributed by atoms with Crippen LogP contribution in [-0.4, -0.2) is 45.4 Å². The van der Waals surface area contributed by atoms with E-state index in [1.807, 2.05) is 0 Å². The number of aromatic nitrogens is 3. The largest absolute Gasteiger partial charge is 0.351 e. The van der Waals surface area contributed by atoms with Crippen molar-refractivity contribution in [2.45, 2.75) is 43.7 Å². The third-order valence-electron chi connectivity index (χ3n) is 5.71. The molecule has 1 aromatic carbocycles. The number of halogens is 3. The van der Waals surface area contributed by atoms with Gasteiger partial charge in [-0.1, -0.05) is 12.1 Å². The van der Waals surface area contributed by atoms with Crippen LogP contribution in [0, 0.1) is 0 Å². The lowest BCUT2D eigenvalue weighted by molar-refractivity contribution is -0.128. The Bertz CT molecular complexity index is 1100. The molecule has 1 fully saturated rings. The first-order valence-corrected chi connectivity index (χ1v) is 11.6. The summed E-state index contributed by atoms with van der Waals surface area (Å²) in [6, 6.07) is 4.99. The van der Waals surface area contributed by atoms with Gasteiger partial charge in [-0.15, -0.1) is 11.3 Å². The lowest BCUT2D eigenvalue weighted by Crippen LogP contribution is -2.48. The van der Waals surface area contributed by atoms with Crippen molar-refractivity contribution >= 4 is 28.8 Å². The summed E-state index contributed by atoms with van der Waals surface area (Å²) in [6.07, 6.45) is 5.27. The predicted molar refractivity (Wildman–Crippen MR) is 121 cm³/mol. The van der Waals surface area contributed by atoms with Gasteiger partial charge < -0.3 is 5.32 Å². The molecule has 2 aromatic heterocycles. The van der Waals surface area contributed by atoms with Crippen LogP contribution in [0.3, 0.4) is 0 Å². The van der Waals surface area contributed by atoms with Gasteiger partial charge in [0.15, 0.2) is 6.67 Å². The minimum atomic E-state index is -2.75. The average molecular weight is 490 g/mol. The molecule has 0 saturated heterocycles. The van der Waals surface area contributed by atoms with Crippen LogP contribution in [0.1, 0.15) is 37.3 Å². The molecule has 0 bridgehead atoms. The van der Waals surface area contributed by atoms with Gasteiger partial charge in [-0.25, -0.2) is 23.1 Å². The highest BCUT2D eigenvalue weighted by Crippen LogP contribution is 2.34. The van der Waals surface area contributed by atoms with Crippen molar-refractivity contribution in [3.05, 3.63) is 60.3 Å². The Hall–Kier alpha value is -3.34. The van der Waals surface area contributed by atoms with E-state index in [1.165, 1.54) is 30.1 Å². The topological polar surface area (TPSA) is 88.1 Å². The lowest BCUT2D eigenvalue weighted by atomic mass is 9.92. The zero-order chi connectivity index (χ0) is 24.1. The molecule has 0 spiro atoms. The number of rotatable bonds is 7. The van der Waals surface area contributed by atoms with Crippen LogP contribution in [0.15, 0.2) is 54.7 Å². The fourth-order valence-electron chi connectivity index (χ4n) is 3.98. The van der Waals surface area contributed by atoms with E-state index >= 15 is 0 Å². The third-order valence-corrected chi connectivity index (χ3v) is 6.53. The Kier molecular flexibility index (Phi) is 7.20. The molecule has 11 heteroatoms. The van der Waals surface area contributed by atoms with E-state index in [0.29, 0.717) is 5.69 Å². The molecule has 4 rings (SSSR count). The molecule has 34 heavy (non-hydrogen) atoms. The van der Waals surface area contributed by atoms with E-state index in [1.54, 1.807) is 36.0 Å². The normalized spacial score (nSPS) is 16.6. The first kappa shape index (κ1) is 23.8. The number of benzene rings is 1. The van der Waals surface area contributed by atoms with Gasteiger partial charge in [0, 0.05) is 48.7 Å². The van der Waals surface area contributed by atoms with Crippen LogP contribution in [0.2, 0.25) is 0 Å². The molecule has 1 saturated carbocycles. The Balaban J connectivity index is 1.65. The first-order valence-electron chi connectivity index (χ1n) is 10.7. The number of hydrogen-bond acceptors (Lipinski definition) is 6. The van der Waals surface area contributed by atoms with E-state index in [4.69, 9.17) is 0 Å². The Morgan fingerprint density at radius 3 is 2.35 bits per heavy atom. The fourth-order valence-corrected chi connectivity index (χ4v) is 4.61. The molecule has 7 nitrogen and oxygen atoms in total. The van der Waals surface area contributed by atoms with Gasteiger partial charge in [-0.3, -0.25) is 19.5 Å². The summed E-state index contributed by atoms with van der Waals surface area (Å²) >= 11 is 1.44. The van der Waals surface area contributed by atoms with Gasteiger partial charge in [0.1, 0.15) is 12.4 Å². The van der Waals surface area contributed by atoms with Crippen molar-refractivity contribution in [1.82, 2.24) is 20.3 Å². The number of carbonyl (C=O) groups is 2. The second kappa shape index (κ2) is 10.3. The van der Waals surface area contributed by atoms with Crippen LogP contribution in [0.25, 0.3) is 10.4 Å². The molecule has 1 unspecified atom stereocenters. The van der Waals surface area contributed by atoms with E-state index in [-0.39, 0.29) is 31.2 Å². The van der Waals surface area contributed by atoms with Crippen molar-refractivity contribution < 1.29 is 22.8 Å². The maximum atomic E-state index is 13.7. The maximum absolute atomic E-state index is 13.7. The number of thiazole rings is 1. The number of anilines is 1. The van der Waals surface area contributed by atoms with Gasteiger partial charge in [0.05, 0.1) is 10.4 Å². The zero-order valence-corrected chi connectivity index (χ0v) is 18.9. The minimum Gasteiger partial charge on any atom is -0.351 e. The highest BCUT2D eigenvalue weighted by atomic mass is 32.1. The Morgan fingerprint density at radius 1 is 1.09 bits per heavy atom. The van der Waals surface area contributed by atoms with E-state index in [0.717, 1.165) is 15.3 Å². The summed E-state index contributed by atoms with van der Waals surface area (Å²) in [6.45, 7) is -1.33. The number of nitrogens with zero attached hydrogens (tertiary/aromatic N) is 4. The molecule has 0 aliphatic heterocycles. The lowest BCUT2D eigenvalue weighted by Gasteiger charge is -2.34. The van der Waals surface area contributed by atoms with Gasteiger partial charge in [-0.05, 0) is 30.5 Å². The van der Waals surface area contributed by atoms with Gasteiger partial charge >= 0.3 is 0 Å². The van der Waals surface area contributed by atoms with Crippen molar-refractivity contribution in [3.8, 4) is 10.4 Å².